The third-order valence-corrected chi connectivity index (χ3v) is 7.36. The maximum absolute atomic E-state index is 12.7. The lowest BCUT2D eigenvalue weighted by Gasteiger charge is -2.18. The van der Waals surface area contributed by atoms with Crippen molar-refractivity contribution >= 4 is 48.3 Å². The number of benzene rings is 2. The van der Waals surface area contributed by atoms with Gasteiger partial charge in [0, 0.05) is 10.9 Å². The first kappa shape index (κ1) is 21.9. The van der Waals surface area contributed by atoms with Gasteiger partial charge in [0.25, 0.3) is 10.0 Å². The van der Waals surface area contributed by atoms with Crippen LogP contribution in [0.15, 0.2) is 61.9 Å². The average Bonchev–Trinajstić information content (AvgIpc) is 3.40. The van der Waals surface area contributed by atoms with Crippen molar-refractivity contribution in [1.82, 2.24) is 14.8 Å². The van der Waals surface area contributed by atoms with E-state index in [0.29, 0.717) is 27.0 Å². The van der Waals surface area contributed by atoms with E-state index in [4.69, 9.17) is 18.9 Å². The Morgan fingerprint density at radius 1 is 1.19 bits per heavy atom. The number of nitrogens with zero attached hydrogens (tertiary/aromatic N) is 3. The van der Waals surface area contributed by atoms with Gasteiger partial charge in [-0.05, 0) is 40.2 Å². The molecule has 0 bridgehead atoms. The predicted molar refractivity (Wildman–Crippen MR) is 117 cm³/mol. The fraction of sp³-hybridized carbons (Fsp3) is 0.158. The third kappa shape index (κ3) is 4.35. The summed E-state index contributed by atoms with van der Waals surface area (Å²) >= 11 is 4.81. The van der Waals surface area contributed by atoms with Crippen molar-refractivity contribution in [2.24, 2.45) is 0 Å². The Kier molecular flexibility index (Phi) is 6.36. The van der Waals surface area contributed by atoms with Gasteiger partial charge in [-0.2, -0.15) is 0 Å². The van der Waals surface area contributed by atoms with Crippen molar-refractivity contribution in [3.8, 4) is 16.3 Å². The first-order valence-corrected chi connectivity index (χ1v) is 11.9. The van der Waals surface area contributed by atoms with Gasteiger partial charge in [0.1, 0.15) is 27.7 Å². The molecule has 9 nitrogen and oxygen atoms in total. The Balaban J connectivity index is 1.63. The molecule has 0 amide bonds. The van der Waals surface area contributed by atoms with Crippen LogP contribution < -0.4 is 4.74 Å². The molecule has 162 valence electrons. The van der Waals surface area contributed by atoms with Gasteiger partial charge in [-0.25, -0.2) is 13.4 Å². The number of aromatic nitrogens is 2. The second-order valence-electron chi connectivity index (χ2n) is 6.12. The molecular weight excluding hydrogens is 510 g/mol. The number of hydrogen-bond acceptors (Lipinski definition) is 9. The highest BCUT2D eigenvalue weighted by Crippen LogP contribution is 2.36. The third-order valence-electron chi connectivity index (χ3n) is 4.24. The number of halogens is 1. The first-order chi connectivity index (χ1) is 14.9. The minimum Gasteiger partial charge on any atom is -0.496 e. The van der Waals surface area contributed by atoms with Crippen LogP contribution in [-0.4, -0.2) is 37.4 Å². The number of rotatable bonds is 8. The van der Waals surface area contributed by atoms with Crippen LogP contribution in [0.25, 0.3) is 21.5 Å². The highest BCUT2D eigenvalue weighted by atomic mass is 79.9. The van der Waals surface area contributed by atoms with E-state index in [-0.39, 0.29) is 11.5 Å². The second kappa shape index (κ2) is 9.02. The van der Waals surface area contributed by atoms with Crippen LogP contribution in [0.4, 0.5) is 0 Å². The smallest absolute Gasteiger partial charge is 0.288 e. The Hall–Kier alpha value is -2.35. The molecule has 0 radical (unpaired) electrons. The quantitative estimate of drug-likeness (QED) is 0.311. The van der Waals surface area contributed by atoms with Crippen LogP contribution in [0, 0.1) is 0 Å². The van der Waals surface area contributed by atoms with Crippen LogP contribution in [0.1, 0.15) is 5.69 Å². The topological polar surface area (TPSA) is 104 Å². The maximum atomic E-state index is 12.7. The van der Waals surface area contributed by atoms with Gasteiger partial charge in [0.15, 0.2) is 5.58 Å². The fourth-order valence-electron chi connectivity index (χ4n) is 2.88. The van der Waals surface area contributed by atoms with Gasteiger partial charge >= 0.3 is 0 Å². The summed E-state index contributed by atoms with van der Waals surface area (Å²) in [7, 11) is -1.31. The standard InChI is InChI=1S/C19H16BrN3O6S2/c1-26-15-8-12(19-21-17(20)11-30-19)9-16-18(15)14(22-29-16)10-28-23(27-2)31(24,25)13-6-4-3-5-7-13/h3-9,11H,10H2,1-2H3. The molecule has 0 saturated heterocycles. The average molecular weight is 526 g/mol. The zero-order valence-electron chi connectivity index (χ0n) is 16.3. The number of ether oxygens (including phenoxy) is 1. The number of methoxy groups -OCH3 is 1. The summed E-state index contributed by atoms with van der Waals surface area (Å²) in [4.78, 5) is 14.8. The van der Waals surface area contributed by atoms with Crippen LogP contribution in [0.3, 0.4) is 0 Å². The largest absolute Gasteiger partial charge is 0.496 e. The summed E-state index contributed by atoms with van der Waals surface area (Å²) < 4.78 is 37.6. The normalized spacial score (nSPS) is 12.0. The van der Waals surface area contributed by atoms with Crippen molar-refractivity contribution in [2.45, 2.75) is 11.5 Å². The number of thiazole rings is 1. The molecule has 2 aromatic carbocycles. The Morgan fingerprint density at radius 2 is 1.97 bits per heavy atom. The van der Waals surface area contributed by atoms with Crippen molar-refractivity contribution in [2.75, 3.05) is 14.2 Å². The Bertz CT molecular complexity index is 1310. The molecule has 0 unspecified atom stereocenters. The lowest BCUT2D eigenvalue weighted by atomic mass is 10.1. The molecule has 4 aromatic rings. The minimum atomic E-state index is -4.03. The zero-order valence-corrected chi connectivity index (χ0v) is 19.5. The predicted octanol–water partition coefficient (Wildman–Crippen LogP) is 4.41. The van der Waals surface area contributed by atoms with Crippen molar-refractivity contribution in [1.29, 1.82) is 0 Å². The second-order valence-corrected chi connectivity index (χ2v) is 9.51. The summed E-state index contributed by atoms with van der Waals surface area (Å²) in [5.41, 5.74) is 1.60. The molecule has 0 fully saturated rings. The molecule has 2 heterocycles. The van der Waals surface area contributed by atoms with E-state index >= 15 is 0 Å². The monoisotopic (exact) mass is 525 g/mol. The lowest BCUT2D eigenvalue weighted by molar-refractivity contribution is -0.294. The molecule has 2 aromatic heterocycles. The van der Waals surface area contributed by atoms with E-state index < -0.39 is 10.0 Å². The number of fused-ring (bicyclic) bond motifs is 1. The molecule has 0 spiro atoms. The van der Waals surface area contributed by atoms with E-state index in [2.05, 4.69) is 26.1 Å². The molecule has 0 atom stereocenters. The molecule has 0 aliphatic rings. The van der Waals surface area contributed by atoms with Crippen molar-refractivity contribution in [3.63, 3.8) is 0 Å². The van der Waals surface area contributed by atoms with E-state index in [1.165, 1.54) is 37.7 Å². The molecule has 31 heavy (non-hydrogen) atoms. The highest BCUT2D eigenvalue weighted by molar-refractivity contribution is 9.10. The maximum Gasteiger partial charge on any atom is 0.288 e. The SMILES string of the molecule is COc1cc(-c2nc(Br)cs2)cc2onc(CON(OC)S(=O)(=O)c3ccccc3)c12. The van der Waals surface area contributed by atoms with Crippen LogP contribution >= 0.6 is 27.3 Å². The minimum absolute atomic E-state index is 0.0266. The van der Waals surface area contributed by atoms with E-state index in [9.17, 15) is 8.42 Å². The first-order valence-electron chi connectivity index (χ1n) is 8.79. The van der Waals surface area contributed by atoms with Crippen LogP contribution in [-0.2, 0) is 26.3 Å². The lowest BCUT2D eigenvalue weighted by Crippen LogP contribution is -2.30. The summed E-state index contributed by atoms with van der Waals surface area (Å²) in [5, 5.41) is 7.24. The summed E-state index contributed by atoms with van der Waals surface area (Å²) in [6, 6.07) is 11.4. The van der Waals surface area contributed by atoms with Gasteiger partial charge in [-0.1, -0.05) is 23.4 Å². The van der Waals surface area contributed by atoms with E-state index in [0.717, 1.165) is 15.2 Å². The van der Waals surface area contributed by atoms with Gasteiger partial charge in [-0.15, -0.1) is 11.3 Å². The summed E-state index contributed by atoms with van der Waals surface area (Å²) in [6.07, 6.45) is 0. The fourth-order valence-corrected chi connectivity index (χ4v) is 5.18. The van der Waals surface area contributed by atoms with Crippen LogP contribution in [0.2, 0.25) is 0 Å². The van der Waals surface area contributed by atoms with Crippen molar-refractivity contribution in [3.05, 3.63) is 58.1 Å². The van der Waals surface area contributed by atoms with E-state index in [1.807, 2.05) is 11.4 Å². The molecule has 0 aliphatic carbocycles. The van der Waals surface area contributed by atoms with E-state index in [1.54, 1.807) is 24.3 Å². The molecule has 4 rings (SSSR count). The zero-order chi connectivity index (χ0) is 22.0. The Morgan fingerprint density at radius 3 is 2.61 bits per heavy atom. The summed E-state index contributed by atoms with van der Waals surface area (Å²) in [5.74, 6) is 0.494. The Labute approximate surface area is 190 Å². The molecule has 0 N–H and O–H groups in total. The molecule has 0 aliphatic heterocycles. The molecular formula is C19H16BrN3O6S2. The summed E-state index contributed by atoms with van der Waals surface area (Å²) in [6.45, 7) is -0.231. The van der Waals surface area contributed by atoms with Crippen LogP contribution in [0.5, 0.6) is 5.75 Å². The van der Waals surface area contributed by atoms with Gasteiger partial charge in [0.2, 0.25) is 0 Å². The number of hydrogen-bond donors (Lipinski definition) is 0. The molecule has 12 heteroatoms. The van der Waals surface area contributed by atoms with Gasteiger partial charge in [0.05, 0.1) is 29.1 Å². The van der Waals surface area contributed by atoms with Crippen molar-refractivity contribution < 1.29 is 27.4 Å². The van der Waals surface area contributed by atoms with Gasteiger partial charge in [-0.3, -0.25) is 9.68 Å². The molecule has 0 saturated carbocycles. The number of sulfonamides is 1. The van der Waals surface area contributed by atoms with Gasteiger partial charge < -0.3 is 9.26 Å². The highest BCUT2D eigenvalue weighted by Gasteiger charge is 2.27.